The highest BCUT2D eigenvalue weighted by Crippen LogP contribution is 2.37. The molecule has 9 heteroatoms. The molecule has 1 aromatic heterocycles. The molecule has 0 radical (unpaired) electrons. The lowest BCUT2D eigenvalue weighted by Gasteiger charge is -2.08. The lowest BCUT2D eigenvalue weighted by Crippen LogP contribution is -2.01. The summed E-state index contributed by atoms with van der Waals surface area (Å²) < 4.78 is 10.8. The van der Waals surface area contributed by atoms with Gasteiger partial charge in [-0.3, -0.25) is 10.1 Å². The van der Waals surface area contributed by atoms with E-state index in [1.54, 1.807) is 6.07 Å². The number of hydrogen-bond acceptors (Lipinski definition) is 7. The first-order chi connectivity index (χ1) is 9.51. The highest BCUT2D eigenvalue weighted by molar-refractivity contribution is 9.10. The van der Waals surface area contributed by atoms with Gasteiger partial charge in [0.15, 0.2) is 0 Å². The minimum atomic E-state index is -0.554. The van der Waals surface area contributed by atoms with Crippen LogP contribution in [0.15, 0.2) is 28.7 Å². The molecule has 0 spiro atoms. The maximum absolute atomic E-state index is 11.0. The van der Waals surface area contributed by atoms with Crippen molar-refractivity contribution in [1.82, 2.24) is 9.97 Å². The molecule has 0 unspecified atom stereocenters. The number of ether oxygens (including phenoxy) is 2. The number of nitro benzene ring substituents is 1. The van der Waals surface area contributed by atoms with Crippen LogP contribution in [0.5, 0.6) is 17.5 Å². The van der Waals surface area contributed by atoms with Gasteiger partial charge in [0.2, 0.25) is 23.5 Å². The molecule has 2 aromatic rings. The highest BCUT2D eigenvalue weighted by atomic mass is 79.9. The maximum atomic E-state index is 11.0. The molecule has 0 bridgehead atoms. The van der Waals surface area contributed by atoms with E-state index in [1.165, 1.54) is 25.3 Å². The van der Waals surface area contributed by atoms with Gasteiger partial charge in [-0.15, -0.1) is 0 Å². The largest absolute Gasteiger partial charge is 0.481 e. The lowest BCUT2D eigenvalue weighted by atomic mass is 10.3. The van der Waals surface area contributed by atoms with Gasteiger partial charge in [0.1, 0.15) is 0 Å². The minimum absolute atomic E-state index is 0.0256. The van der Waals surface area contributed by atoms with Crippen LogP contribution in [0, 0.1) is 10.1 Å². The maximum Gasteiger partial charge on any atom is 0.312 e. The molecule has 2 rings (SSSR count). The van der Waals surface area contributed by atoms with Gasteiger partial charge in [-0.2, -0.15) is 9.97 Å². The molecule has 1 heterocycles. The van der Waals surface area contributed by atoms with Crippen molar-refractivity contribution in [2.24, 2.45) is 0 Å². The number of nitrogens with zero attached hydrogens (tertiary/aromatic N) is 3. The number of nitrogen functional groups attached to an aromatic ring is 1. The van der Waals surface area contributed by atoms with Crippen molar-refractivity contribution in [1.29, 1.82) is 0 Å². The third-order valence-corrected chi connectivity index (χ3v) is 2.88. The molecular weight excluding hydrogens is 332 g/mol. The molecule has 0 saturated heterocycles. The summed E-state index contributed by atoms with van der Waals surface area (Å²) in [6, 6.07) is 5.84. The first kappa shape index (κ1) is 14.0. The summed E-state index contributed by atoms with van der Waals surface area (Å²) in [5.41, 5.74) is 5.30. The van der Waals surface area contributed by atoms with Crippen LogP contribution < -0.4 is 15.2 Å². The number of halogens is 1. The van der Waals surface area contributed by atoms with Crippen molar-refractivity contribution in [2.45, 2.75) is 0 Å². The molecule has 0 amide bonds. The third kappa shape index (κ3) is 2.94. The number of rotatable bonds is 4. The van der Waals surface area contributed by atoms with E-state index < -0.39 is 4.92 Å². The molecule has 0 atom stereocenters. The quantitative estimate of drug-likeness (QED) is 0.671. The summed E-state index contributed by atoms with van der Waals surface area (Å²) in [6.07, 6.45) is 0. The first-order valence-corrected chi connectivity index (χ1v) is 6.10. The fraction of sp³-hybridized carbons (Fsp3) is 0.0909. The van der Waals surface area contributed by atoms with Gasteiger partial charge >= 0.3 is 5.69 Å². The summed E-state index contributed by atoms with van der Waals surface area (Å²) in [7, 11) is 1.41. The van der Waals surface area contributed by atoms with Crippen molar-refractivity contribution in [2.75, 3.05) is 12.8 Å². The summed E-state index contributed by atoms with van der Waals surface area (Å²) in [4.78, 5) is 18.1. The smallest absolute Gasteiger partial charge is 0.312 e. The molecule has 0 aliphatic heterocycles. The zero-order valence-corrected chi connectivity index (χ0v) is 11.8. The number of nitro groups is 1. The van der Waals surface area contributed by atoms with Crippen molar-refractivity contribution in [3.8, 4) is 17.5 Å². The number of nitrogens with two attached hydrogens (primary N) is 1. The Morgan fingerprint density at radius 1 is 1.35 bits per heavy atom. The normalized spacial score (nSPS) is 10.1. The molecule has 0 fully saturated rings. The standard InChI is InChI=1S/C11H9BrN4O4/c1-19-8-5-9(15-11(13)14-8)20-10-6(12)3-2-4-7(10)16(17)18/h2-5H,1H3,(H2,13,14,15). The van der Waals surface area contributed by atoms with Crippen LogP contribution >= 0.6 is 15.9 Å². The van der Waals surface area contributed by atoms with Crippen LogP contribution in [-0.2, 0) is 0 Å². The second-order valence-electron chi connectivity index (χ2n) is 3.55. The predicted molar refractivity (Wildman–Crippen MR) is 73.9 cm³/mol. The Bertz CT molecular complexity index is 665. The Hall–Kier alpha value is -2.42. The molecular formula is C11H9BrN4O4. The fourth-order valence-corrected chi connectivity index (χ4v) is 1.86. The van der Waals surface area contributed by atoms with E-state index in [1.807, 2.05) is 0 Å². The van der Waals surface area contributed by atoms with Crippen molar-refractivity contribution in [3.05, 3.63) is 38.9 Å². The summed E-state index contributed by atoms with van der Waals surface area (Å²) in [6.45, 7) is 0. The number of para-hydroxylation sites is 1. The first-order valence-electron chi connectivity index (χ1n) is 5.30. The average molecular weight is 341 g/mol. The molecule has 0 saturated carbocycles. The van der Waals surface area contributed by atoms with Gasteiger partial charge in [0.05, 0.1) is 22.6 Å². The second-order valence-corrected chi connectivity index (χ2v) is 4.41. The topological polar surface area (TPSA) is 113 Å². The number of aromatic nitrogens is 2. The van der Waals surface area contributed by atoms with Crippen LogP contribution in [0.1, 0.15) is 0 Å². The molecule has 2 N–H and O–H groups in total. The van der Waals surface area contributed by atoms with E-state index in [-0.39, 0.29) is 29.1 Å². The number of anilines is 1. The van der Waals surface area contributed by atoms with Gasteiger partial charge in [-0.05, 0) is 22.0 Å². The van der Waals surface area contributed by atoms with E-state index >= 15 is 0 Å². The Morgan fingerprint density at radius 3 is 2.70 bits per heavy atom. The lowest BCUT2D eigenvalue weighted by molar-refractivity contribution is -0.385. The van der Waals surface area contributed by atoms with E-state index in [2.05, 4.69) is 25.9 Å². The van der Waals surface area contributed by atoms with Gasteiger partial charge in [-0.25, -0.2) is 0 Å². The van der Waals surface area contributed by atoms with Crippen LogP contribution in [-0.4, -0.2) is 22.0 Å². The van der Waals surface area contributed by atoms with Gasteiger partial charge < -0.3 is 15.2 Å². The summed E-state index contributed by atoms with van der Waals surface area (Å²) >= 11 is 3.19. The van der Waals surface area contributed by atoms with Crippen LogP contribution in [0.3, 0.4) is 0 Å². The van der Waals surface area contributed by atoms with Crippen LogP contribution in [0.2, 0.25) is 0 Å². The minimum Gasteiger partial charge on any atom is -0.481 e. The monoisotopic (exact) mass is 340 g/mol. The molecule has 104 valence electrons. The van der Waals surface area contributed by atoms with Crippen molar-refractivity contribution < 1.29 is 14.4 Å². The molecule has 0 aliphatic carbocycles. The van der Waals surface area contributed by atoms with Crippen LogP contribution in [0.25, 0.3) is 0 Å². The van der Waals surface area contributed by atoms with Crippen molar-refractivity contribution in [3.63, 3.8) is 0 Å². The SMILES string of the molecule is COc1cc(Oc2c(Br)cccc2[N+](=O)[O-])nc(N)n1. The molecule has 1 aromatic carbocycles. The zero-order valence-electron chi connectivity index (χ0n) is 10.2. The number of methoxy groups -OCH3 is 1. The number of benzene rings is 1. The summed E-state index contributed by atoms with van der Waals surface area (Å²) in [5, 5.41) is 11.0. The Balaban J connectivity index is 2.44. The average Bonchev–Trinajstić information content (AvgIpc) is 2.40. The second kappa shape index (κ2) is 5.70. The highest BCUT2D eigenvalue weighted by Gasteiger charge is 2.19. The van der Waals surface area contributed by atoms with Crippen LogP contribution in [0.4, 0.5) is 11.6 Å². The van der Waals surface area contributed by atoms with E-state index in [4.69, 9.17) is 15.2 Å². The van der Waals surface area contributed by atoms with E-state index in [0.717, 1.165) is 0 Å². The summed E-state index contributed by atoms with van der Waals surface area (Å²) in [5.74, 6) is 0.207. The molecule has 8 nitrogen and oxygen atoms in total. The third-order valence-electron chi connectivity index (χ3n) is 2.26. The Morgan fingerprint density at radius 2 is 2.05 bits per heavy atom. The zero-order chi connectivity index (χ0) is 14.7. The predicted octanol–water partition coefficient (Wildman–Crippen LogP) is 2.53. The molecule has 0 aliphatic rings. The van der Waals surface area contributed by atoms with Gasteiger partial charge in [0.25, 0.3) is 0 Å². The molecule has 20 heavy (non-hydrogen) atoms. The van der Waals surface area contributed by atoms with Gasteiger partial charge in [-0.1, -0.05) is 6.07 Å². The Labute approximate surface area is 121 Å². The fourth-order valence-electron chi connectivity index (χ4n) is 1.42. The number of hydrogen-bond donors (Lipinski definition) is 1. The van der Waals surface area contributed by atoms with Gasteiger partial charge in [0, 0.05) is 6.07 Å². The van der Waals surface area contributed by atoms with E-state index in [0.29, 0.717) is 4.47 Å². The van der Waals surface area contributed by atoms with E-state index in [9.17, 15) is 10.1 Å². The van der Waals surface area contributed by atoms with Crippen molar-refractivity contribution >= 4 is 27.6 Å². The Kier molecular flexibility index (Phi) is 3.99.